The molecule has 3 N–H and O–H groups in total. The van der Waals surface area contributed by atoms with Crippen molar-refractivity contribution < 1.29 is 4.74 Å². The first kappa shape index (κ1) is 13.6. The average molecular weight is 272 g/mol. The first-order valence-corrected chi connectivity index (χ1v) is 7.21. The third kappa shape index (κ3) is 2.96. The van der Waals surface area contributed by atoms with E-state index >= 15 is 0 Å². The number of nitrogens with one attached hydrogen (secondary N) is 1. The number of ether oxygens (including phenoxy) is 1. The number of hydrogen-bond acceptors (Lipinski definition) is 5. The first-order valence-electron chi connectivity index (χ1n) is 6.22. The second-order valence-electron chi connectivity index (χ2n) is 4.87. The molecule has 2 unspecified atom stereocenters. The molecule has 2 atom stereocenters. The molecule has 1 saturated heterocycles. The van der Waals surface area contributed by atoms with Crippen LogP contribution in [0.15, 0.2) is 9.95 Å². The minimum Gasteiger partial charge on any atom is -0.381 e. The van der Waals surface area contributed by atoms with Crippen molar-refractivity contribution in [2.24, 2.45) is 11.7 Å². The summed E-state index contributed by atoms with van der Waals surface area (Å²) in [5.41, 5.74) is 5.97. The summed E-state index contributed by atoms with van der Waals surface area (Å²) in [5.74, 6) is 1.18. The predicted octanol–water partition coefficient (Wildman–Crippen LogP) is 0.608. The molecule has 0 aliphatic carbocycles. The van der Waals surface area contributed by atoms with Gasteiger partial charge in [-0.05, 0) is 20.3 Å². The lowest BCUT2D eigenvalue weighted by Gasteiger charge is -2.17. The minimum atomic E-state index is -0.162. The zero-order valence-corrected chi connectivity index (χ0v) is 11.6. The van der Waals surface area contributed by atoms with E-state index in [1.807, 2.05) is 13.8 Å². The molecule has 0 aromatic carbocycles. The van der Waals surface area contributed by atoms with Gasteiger partial charge in [0.1, 0.15) is 0 Å². The van der Waals surface area contributed by atoms with Crippen LogP contribution in [0.25, 0.3) is 0 Å². The molecule has 1 aliphatic heterocycles. The van der Waals surface area contributed by atoms with Crippen molar-refractivity contribution in [1.82, 2.24) is 14.8 Å². The topological polar surface area (TPSA) is 85.9 Å². The van der Waals surface area contributed by atoms with Gasteiger partial charge in [0.2, 0.25) is 0 Å². The fourth-order valence-electron chi connectivity index (χ4n) is 2.04. The third-order valence-electron chi connectivity index (χ3n) is 3.16. The molecule has 1 fully saturated rings. The van der Waals surface area contributed by atoms with Gasteiger partial charge in [0, 0.05) is 30.4 Å². The molecule has 0 amide bonds. The highest BCUT2D eigenvalue weighted by atomic mass is 32.2. The van der Waals surface area contributed by atoms with Gasteiger partial charge >= 0.3 is 5.69 Å². The maximum Gasteiger partial charge on any atom is 0.344 e. The quantitative estimate of drug-likeness (QED) is 0.767. The zero-order chi connectivity index (χ0) is 13.1. The molecule has 1 aliphatic rings. The van der Waals surface area contributed by atoms with Crippen LogP contribution in [0.1, 0.15) is 26.3 Å². The second kappa shape index (κ2) is 5.90. The Balaban J connectivity index is 1.95. The Morgan fingerprint density at radius 3 is 3.06 bits per heavy atom. The van der Waals surface area contributed by atoms with E-state index < -0.39 is 0 Å². The summed E-state index contributed by atoms with van der Waals surface area (Å²) in [7, 11) is 0. The number of hydrogen-bond donors (Lipinski definition) is 2. The van der Waals surface area contributed by atoms with Crippen LogP contribution in [0.2, 0.25) is 0 Å². The van der Waals surface area contributed by atoms with E-state index in [9.17, 15) is 4.79 Å². The lowest BCUT2D eigenvalue weighted by atomic mass is 10.0. The summed E-state index contributed by atoms with van der Waals surface area (Å²) in [4.78, 5) is 11.6. The third-order valence-corrected chi connectivity index (χ3v) is 4.26. The number of H-pyrrole nitrogens is 1. The van der Waals surface area contributed by atoms with Crippen LogP contribution in [0.5, 0.6) is 0 Å². The van der Waals surface area contributed by atoms with Crippen LogP contribution >= 0.6 is 11.8 Å². The molecule has 102 valence electrons. The van der Waals surface area contributed by atoms with Crippen molar-refractivity contribution in [3.8, 4) is 0 Å². The van der Waals surface area contributed by atoms with Crippen LogP contribution in [-0.4, -0.2) is 39.8 Å². The maximum atomic E-state index is 11.6. The van der Waals surface area contributed by atoms with Gasteiger partial charge < -0.3 is 10.5 Å². The summed E-state index contributed by atoms with van der Waals surface area (Å²) in [6, 6.07) is 0.190. The molecule has 0 radical (unpaired) electrons. The number of nitrogens with zero attached hydrogens (tertiary/aromatic N) is 2. The molecular weight excluding hydrogens is 252 g/mol. The second-order valence-corrected chi connectivity index (χ2v) is 5.86. The van der Waals surface area contributed by atoms with Gasteiger partial charge in [0.05, 0.1) is 6.61 Å². The van der Waals surface area contributed by atoms with E-state index in [4.69, 9.17) is 10.5 Å². The molecule has 6 nitrogen and oxygen atoms in total. The number of rotatable bonds is 5. The molecule has 2 rings (SSSR count). The fourth-order valence-corrected chi connectivity index (χ4v) is 3.20. The van der Waals surface area contributed by atoms with Crippen LogP contribution in [0.4, 0.5) is 0 Å². The molecule has 1 aromatic heterocycles. The number of aromatic amines is 1. The highest BCUT2D eigenvalue weighted by Gasteiger charge is 2.23. The van der Waals surface area contributed by atoms with E-state index in [0.29, 0.717) is 11.1 Å². The van der Waals surface area contributed by atoms with Gasteiger partial charge in [0.25, 0.3) is 0 Å². The summed E-state index contributed by atoms with van der Waals surface area (Å²) in [6.07, 6.45) is 1.03. The zero-order valence-electron chi connectivity index (χ0n) is 10.8. The lowest BCUT2D eigenvalue weighted by molar-refractivity contribution is 0.182. The first-order chi connectivity index (χ1) is 8.59. The van der Waals surface area contributed by atoms with Gasteiger partial charge in [-0.2, -0.15) is 0 Å². The van der Waals surface area contributed by atoms with Gasteiger partial charge in [0.15, 0.2) is 5.16 Å². The summed E-state index contributed by atoms with van der Waals surface area (Å²) in [5, 5.41) is 7.23. The Morgan fingerprint density at radius 2 is 2.44 bits per heavy atom. The minimum absolute atomic E-state index is 0.0879. The summed E-state index contributed by atoms with van der Waals surface area (Å²) in [6.45, 7) is 5.48. The van der Waals surface area contributed by atoms with Crippen molar-refractivity contribution in [1.29, 1.82) is 0 Å². The van der Waals surface area contributed by atoms with E-state index in [1.165, 1.54) is 11.8 Å². The Hall–Kier alpha value is -0.790. The summed E-state index contributed by atoms with van der Waals surface area (Å²) < 4.78 is 6.99. The van der Waals surface area contributed by atoms with E-state index in [1.54, 1.807) is 4.57 Å². The van der Waals surface area contributed by atoms with Gasteiger partial charge in [-0.15, -0.1) is 5.10 Å². The molecule has 18 heavy (non-hydrogen) atoms. The van der Waals surface area contributed by atoms with Gasteiger partial charge in [-0.1, -0.05) is 11.8 Å². The molecular formula is C11H20N4O2S. The lowest BCUT2D eigenvalue weighted by Crippen LogP contribution is -2.33. The molecule has 1 aromatic rings. The Kier molecular flexibility index (Phi) is 4.47. The molecule has 0 spiro atoms. The van der Waals surface area contributed by atoms with Crippen molar-refractivity contribution in [3.05, 3.63) is 10.5 Å². The normalized spacial score (nSPS) is 21.7. The van der Waals surface area contributed by atoms with E-state index in [2.05, 4.69) is 10.2 Å². The Morgan fingerprint density at radius 1 is 1.67 bits per heavy atom. The summed E-state index contributed by atoms with van der Waals surface area (Å²) >= 11 is 1.53. The number of aromatic nitrogens is 3. The van der Waals surface area contributed by atoms with Crippen LogP contribution in [0, 0.1) is 5.92 Å². The van der Waals surface area contributed by atoms with Gasteiger partial charge in [-0.25, -0.2) is 9.89 Å². The average Bonchev–Trinajstić information content (AvgIpc) is 2.94. The van der Waals surface area contributed by atoms with Crippen LogP contribution < -0.4 is 11.4 Å². The van der Waals surface area contributed by atoms with Crippen LogP contribution in [-0.2, 0) is 4.74 Å². The van der Waals surface area contributed by atoms with Crippen LogP contribution in [0.3, 0.4) is 0 Å². The standard InChI is InChI=1S/C11H20N4O2S/c1-7(2)15-10(16)13-14-11(15)18-6-9(12)8-3-4-17-5-8/h7-9H,3-6,12H2,1-2H3,(H,13,16). The monoisotopic (exact) mass is 272 g/mol. The molecule has 0 saturated carbocycles. The largest absolute Gasteiger partial charge is 0.381 e. The highest BCUT2D eigenvalue weighted by molar-refractivity contribution is 7.99. The maximum absolute atomic E-state index is 11.6. The van der Waals surface area contributed by atoms with Crippen molar-refractivity contribution in [3.63, 3.8) is 0 Å². The van der Waals surface area contributed by atoms with E-state index in [0.717, 1.165) is 25.4 Å². The van der Waals surface area contributed by atoms with E-state index in [-0.39, 0.29) is 17.8 Å². The molecule has 0 bridgehead atoms. The SMILES string of the molecule is CC(C)n1c(SCC(N)C2CCOC2)n[nH]c1=O. The van der Waals surface area contributed by atoms with Gasteiger partial charge in [-0.3, -0.25) is 4.57 Å². The number of nitrogens with two attached hydrogens (primary N) is 1. The molecule has 2 heterocycles. The highest BCUT2D eigenvalue weighted by Crippen LogP contribution is 2.22. The predicted molar refractivity (Wildman–Crippen MR) is 70.9 cm³/mol. The molecule has 7 heteroatoms. The smallest absolute Gasteiger partial charge is 0.344 e. The Labute approximate surface area is 110 Å². The van der Waals surface area contributed by atoms with Crippen molar-refractivity contribution in [2.75, 3.05) is 19.0 Å². The fraction of sp³-hybridized carbons (Fsp3) is 0.818. The Bertz CT molecular complexity index is 436. The van der Waals surface area contributed by atoms with Crippen molar-refractivity contribution >= 4 is 11.8 Å². The number of thioether (sulfide) groups is 1. The van der Waals surface area contributed by atoms with Crippen molar-refractivity contribution in [2.45, 2.75) is 37.5 Å².